The molecule has 0 nitrogen and oxygen atoms in total. The molecule has 0 aromatic rings. The van der Waals surface area contributed by atoms with Gasteiger partial charge in [0.05, 0.1) is 0 Å². The molecule has 0 aromatic heterocycles. The Labute approximate surface area is 85.1 Å². The van der Waals surface area contributed by atoms with Crippen LogP contribution < -0.4 is 0 Å². The topological polar surface area (TPSA) is 0 Å². The predicted molar refractivity (Wildman–Crippen MR) is 62.1 cm³/mol. The normalized spacial score (nSPS) is 13.2. The average molecular weight is 184 g/mol. The van der Waals surface area contributed by atoms with Crippen molar-refractivity contribution in [3.05, 3.63) is 0 Å². The molecular weight excluding hydrogens is 156 g/mol. The predicted octanol–water partition coefficient (Wildman–Crippen LogP) is 5.17. The molecule has 1 unspecified atom stereocenters. The zero-order valence-corrected chi connectivity index (χ0v) is 9.94. The summed E-state index contributed by atoms with van der Waals surface area (Å²) in [5.41, 5.74) is 0. The molecule has 0 heteroatoms. The minimum Gasteiger partial charge on any atom is -0.0654 e. The summed E-state index contributed by atoms with van der Waals surface area (Å²) in [4.78, 5) is 0. The van der Waals surface area contributed by atoms with Gasteiger partial charge < -0.3 is 0 Å². The van der Waals surface area contributed by atoms with Gasteiger partial charge in [0.15, 0.2) is 0 Å². The van der Waals surface area contributed by atoms with E-state index in [-0.39, 0.29) is 0 Å². The lowest BCUT2D eigenvalue weighted by molar-refractivity contribution is 0.443. The van der Waals surface area contributed by atoms with Gasteiger partial charge in [-0.25, -0.2) is 0 Å². The quantitative estimate of drug-likeness (QED) is 0.433. The molecule has 13 heavy (non-hydrogen) atoms. The summed E-state index contributed by atoms with van der Waals surface area (Å²) in [6, 6.07) is 0. The van der Waals surface area contributed by atoms with Gasteiger partial charge in [0.25, 0.3) is 0 Å². The highest BCUT2D eigenvalue weighted by molar-refractivity contribution is 4.53. The lowest BCUT2D eigenvalue weighted by atomic mass is 9.97. The summed E-state index contributed by atoms with van der Waals surface area (Å²) < 4.78 is 0. The van der Waals surface area contributed by atoms with Crippen LogP contribution in [-0.2, 0) is 0 Å². The van der Waals surface area contributed by atoms with Crippen molar-refractivity contribution in [2.24, 2.45) is 5.92 Å². The minimum absolute atomic E-state index is 0.974. The molecule has 0 aliphatic heterocycles. The molecule has 0 radical (unpaired) electrons. The molecule has 0 heterocycles. The Balaban J connectivity index is 3.03. The van der Waals surface area contributed by atoms with E-state index in [1.54, 1.807) is 0 Å². The zero-order valence-electron chi connectivity index (χ0n) is 9.94. The van der Waals surface area contributed by atoms with E-state index in [2.05, 4.69) is 20.8 Å². The fraction of sp³-hybridized carbons (Fsp3) is 1.00. The van der Waals surface area contributed by atoms with Crippen LogP contribution in [0.25, 0.3) is 0 Å². The van der Waals surface area contributed by atoms with Gasteiger partial charge in [-0.2, -0.15) is 0 Å². The van der Waals surface area contributed by atoms with Crippen molar-refractivity contribution in [2.75, 3.05) is 0 Å². The van der Waals surface area contributed by atoms with Crippen LogP contribution in [0.3, 0.4) is 0 Å². The molecule has 0 rings (SSSR count). The Morgan fingerprint density at radius 1 is 0.692 bits per heavy atom. The minimum atomic E-state index is 0.974. The van der Waals surface area contributed by atoms with E-state index in [1.165, 1.54) is 57.8 Å². The molecule has 1 atom stereocenters. The first kappa shape index (κ1) is 13.0. The van der Waals surface area contributed by atoms with Gasteiger partial charge in [-0.15, -0.1) is 0 Å². The van der Waals surface area contributed by atoms with Crippen molar-refractivity contribution in [1.29, 1.82) is 0 Å². The Morgan fingerprint density at radius 2 is 1.23 bits per heavy atom. The third-order valence-electron chi connectivity index (χ3n) is 2.85. The Morgan fingerprint density at radius 3 is 1.85 bits per heavy atom. The van der Waals surface area contributed by atoms with Gasteiger partial charge in [0, 0.05) is 0 Å². The van der Waals surface area contributed by atoms with Crippen LogP contribution in [0.15, 0.2) is 0 Å². The van der Waals surface area contributed by atoms with Crippen molar-refractivity contribution in [3.8, 4) is 0 Å². The first-order chi connectivity index (χ1) is 6.31. The molecule has 0 saturated heterocycles. The van der Waals surface area contributed by atoms with Crippen LogP contribution in [0.4, 0.5) is 0 Å². The summed E-state index contributed by atoms with van der Waals surface area (Å²) >= 11 is 0. The summed E-state index contributed by atoms with van der Waals surface area (Å²) in [7, 11) is 0. The maximum atomic E-state index is 2.41. The van der Waals surface area contributed by atoms with Crippen LogP contribution in [0.2, 0.25) is 0 Å². The molecule has 0 spiro atoms. The number of hydrogen-bond acceptors (Lipinski definition) is 0. The summed E-state index contributed by atoms with van der Waals surface area (Å²) in [5, 5.41) is 0. The third-order valence-corrected chi connectivity index (χ3v) is 2.85. The largest absolute Gasteiger partial charge is 0.0654 e. The van der Waals surface area contributed by atoms with E-state index < -0.39 is 0 Å². The standard InChI is InChI=1S/C13H28/c1-4-6-8-9-10-12-13(3)11-7-5-2/h13H,4-12H2,1-3H3. The highest BCUT2D eigenvalue weighted by Gasteiger charge is 2.00. The second kappa shape index (κ2) is 10.1. The fourth-order valence-corrected chi connectivity index (χ4v) is 1.79. The average Bonchev–Trinajstić information content (AvgIpc) is 2.14. The van der Waals surface area contributed by atoms with E-state index in [1.807, 2.05) is 0 Å². The monoisotopic (exact) mass is 184 g/mol. The number of rotatable bonds is 9. The maximum Gasteiger partial charge on any atom is -0.0443 e. The SMILES string of the molecule is CCCCCCCC(C)CCCC. The molecule has 0 saturated carbocycles. The van der Waals surface area contributed by atoms with Crippen molar-refractivity contribution in [3.63, 3.8) is 0 Å². The Bertz CT molecular complexity index is 86.0. The molecule has 0 fully saturated rings. The highest BCUT2D eigenvalue weighted by atomic mass is 14.1. The van der Waals surface area contributed by atoms with Gasteiger partial charge in [-0.05, 0) is 5.92 Å². The van der Waals surface area contributed by atoms with E-state index in [9.17, 15) is 0 Å². The first-order valence-electron chi connectivity index (χ1n) is 6.31. The van der Waals surface area contributed by atoms with Crippen LogP contribution in [0.1, 0.15) is 78.6 Å². The van der Waals surface area contributed by atoms with Crippen molar-refractivity contribution >= 4 is 0 Å². The molecule has 0 N–H and O–H groups in total. The van der Waals surface area contributed by atoms with Gasteiger partial charge in [0.2, 0.25) is 0 Å². The fourth-order valence-electron chi connectivity index (χ4n) is 1.79. The first-order valence-corrected chi connectivity index (χ1v) is 6.31. The molecule has 0 bridgehead atoms. The molecule has 0 amide bonds. The van der Waals surface area contributed by atoms with Crippen LogP contribution in [-0.4, -0.2) is 0 Å². The van der Waals surface area contributed by atoms with E-state index in [4.69, 9.17) is 0 Å². The van der Waals surface area contributed by atoms with E-state index in [0.29, 0.717) is 0 Å². The van der Waals surface area contributed by atoms with Crippen LogP contribution in [0.5, 0.6) is 0 Å². The summed E-state index contributed by atoms with van der Waals surface area (Å²) in [5.74, 6) is 0.974. The summed E-state index contributed by atoms with van der Waals surface area (Å²) in [6.45, 7) is 6.98. The zero-order chi connectivity index (χ0) is 9.94. The lowest BCUT2D eigenvalue weighted by Gasteiger charge is -2.09. The van der Waals surface area contributed by atoms with E-state index >= 15 is 0 Å². The Hall–Kier alpha value is 0. The maximum absolute atomic E-state index is 2.41. The van der Waals surface area contributed by atoms with Crippen LogP contribution in [0, 0.1) is 5.92 Å². The van der Waals surface area contributed by atoms with Crippen molar-refractivity contribution in [2.45, 2.75) is 78.6 Å². The third kappa shape index (κ3) is 9.92. The Kier molecular flexibility index (Phi) is 10.1. The second-order valence-corrected chi connectivity index (χ2v) is 4.45. The van der Waals surface area contributed by atoms with Gasteiger partial charge in [-0.3, -0.25) is 0 Å². The van der Waals surface area contributed by atoms with Gasteiger partial charge >= 0.3 is 0 Å². The molecule has 0 aliphatic rings. The smallest absolute Gasteiger partial charge is 0.0443 e. The van der Waals surface area contributed by atoms with Gasteiger partial charge in [0.1, 0.15) is 0 Å². The van der Waals surface area contributed by atoms with Crippen molar-refractivity contribution in [1.82, 2.24) is 0 Å². The second-order valence-electron chi connectivity index (χ2n) is 4.45. The summed E-state index contributed by atoms with van der Waals surface area (Å²) in [6.07, 6.45) is 12.9. The lowest BCUT2D eigenvalue weighted by Crippen LogP contribution is -1.94. The highest BCUT2D eigenvalue weighted by Crippen LogP contribution is 2.16. The molecule has 80 valence electrons. The molecule has 0 aromatic carbocycles. The van der Waals surface area contributed by atoms with E-state index in [0.717, 1.165) is 5.92 Å². The van der Waals surface area contributed by atoms with Crippen LogP contribution >= 0.6 is 0 Å². The van der Waals surface area contributed by atoms with Gasteiger partial charge in [-0.1, -0.05) is 78.6 Å². The molecule has 0 aliphatic carbocycles. The number of hydrogen-bond donors (Lipinski definition) is 0. The molecular formula is C13H28. The number of unbranched alkanes of at least 4 members (excludes halogenated alkanes) is 5. The van der Waals surface area contributed by atoms with Crippen molar-refractivity contribution < 1.29 is 0 Å².